The number of rotatable bonds is 11. The van der Waals surface area contributed by atoms with Gasteiger partial charge in [0.25, 0.3) is 0 Å². The van der Waals surface area contributed by atoms with Crippen LogP contribution in [0.5, 0.6) is 0 Å². The first kappa shape index (κ1) is 27.0. The largest absolute Gasteiger partial charge is 0.467 e. The molecule has 0 heterocycles. The number of carbonyl (C=O) groups is 2. The van der Waals surface area contributed by atoms with Crippen molar-refractivity contribution in [2.45, 2.75) is 29.2 Å². The Morgan fingerprint density at radius 1 is 0.737 bits per heavy atom. The van der Waals surface area contributed by atoms with Crippen molar-refractivity contribution in [1.29, 1.82) is 0 Å². The lowest BCUT2D eigenvalue weighted by molar-refractivity contribution is -0.145. The number of hydrogen-bond acceptors (Lipinski definition) is 4. The molecule has 6 heteroatoms. The topological polar surface area (TPSA) is 72.5 Å². The SMILES string of the molecule is COC(=O)[C@H](CC[S@@](=O)c1ccccc1)NC(=O)CC(c1ccccc1)(c1ccccc1)c1ccccc1. The number of carbonyl (C=O) groups excluding carboxylic acids is 2. The standard InChI is InChI=1S/C32H31NO4S/c1-37-31(35)29(22-23-38(36)28-20-12-5-13-21-28)33-30(34)24-32(25-14-6-2-7-15-25,26-16-8-3-9-17-26)27-18-10-4-11-19-27/h2-21,29H,22-24H2,1H3,(H,33,34)/t29-,38+/m0/s1. The molecular formula is C32H31NO4S. The van der Waals surface area contributed by atoms with Gasteiger partial charge in [0.1, 0.15) is 6.04 Å². The van der Waals surface area contributed by atoms with Crippen molar-refractivity contribution < 1.29 is 18.5 Å². The molecule has 0 fully saturated rings. The summed E-state index contributed by atoms with van der Waals surface area (Å²) < 4.78 is 17.8. The molecule has 0 aliphatic carbocycles. The number of benzene rings is 4. The van der Waals surface area contributed by atoms with E-state index >= 15 is 0 Å². The third kappa shape index (κ3) is 6.26. The van der Waals surface area contributed by atoms with Crippen LogP contribution < -0.4 is 5.32 Å². The molecule has 0 unspecified atom stereocenters. The lowest BCUT2D eigenvalue weighted by Crippen LogP contribution is -2.45. The maximum Gasteiger partial charge on any atom is 0.328 e. The van der Waals surface area contributed by atoms with Crippen molar-refractivity contribution in [2.24, 2.45) is 0 Å². The van der Waals surface area contributed by atoms with Crippen molar-refractivity contribution in [2.75, 3.05) is 12.9 Å². The summed E-state index contributed by atoms with van der Waals surface area (Å²) in [6.45, 7) is 0. The van der Waals surface area contributed by atoms with E-state index in [1.807, 2.05) is 109 Å². The zero-order chi connectivity index (χ0) is 26.8. The second-order valence-corrected chi connectivity index (χ2v) is 10.5. The Balaban J connectivity index is 1.65. The van der Waals surface area contributed by atoms with Gasteiger partial charge in [-0.1, -0.05) is 109 Å². The van der Waals surface area contributed by atoms with Crippen molar-refractivity contribution >= 4 is 22.7 Å². The molecule has 4 rings (SSSR count). The average molecular weight is 526 g/mol. The van der Waals surface area contributed by atoms with E-state index in [1.165, 1.54) is 7.11 Å². The van der Waals surface area contributed by atoms with Gasteiger partial charge >= 0.3 is 5.97 Å². The zero-order valence-corrected chi connectivity index (χ0v) is 22.1. The number of ether oxygens (including phenoxy) is 1. The summed E-state index contributed by atoms with van der Waals surface area (Å²) in [5.41, 5.74) is 2.11. The van der Waals surface area contributed by atoms with E-state index in [1.54, 1.807) is 12.1 Å². The molecule has 2 atom stereocenters. The maximum absolute atomic E-state index is 13.7. The van der Waals surface area contributed by atoms with Crippen LogP contribution in [0.25, 0.3) is 0 Å². The lowest BCUT2D eigenvalue weighted by Gasteiger charge is -2.36. The molecule has 0 aliphatic heterocycles. The van der Waals surface area contributed by atoms with Crippen LogP contribution in [-0.2, 0) is 30.5 Å². The van der Waals surface area contributed by atoms with Crippen molar-refractivity contribution in [3.05, 3.63) is 138 Å². The minimum atomic E-state index is -1.30. The van der Waals surface area contributed by atoms with Gasteiger partial charge < -0.3 is 10.1 Å². The molecule has 5 nitrogen and oxygen atoms in total. The molecule has 1 N–H and O–H groups in total. The second kappa shape index (κ2) is 13.0. The van der Waals surface area contributed by atoms with E-state index in [4.69, 9.17) is 4.74 Å². The minimum absolute atomic E-state index is 0.0698. The molecule has 0 saturated carbocycles. The van der Waals surface area contributed by atoms with Gasteiger partial charge in [0.05, 0.1) is 23.3 Å². The van der Waals surface area contributed by atoms with Crippen molar-refractivity contribution in [1.82, 2.24) is 5.32 Å². The predicted octanol–water partition coefficient (Wildman–Crippen LogP) is 5.27. The fourth-order valence-electron chi connectivity index (χ4n) is 4.77. The summed E-state index contributed by atoms with van der Waals surface area (Å²) in [6, 6.07) is 37.9. The zero-order valence-electron chi connectivity index (χ0n) is 21.3. The summed E-state index contributed by atoms with van der Waals surface area (Å²) in [4.78, 5) is 27.0. The van der Waals surface area contributed by atoms with Crippen LogP contribution in [-0.4, -0.2) is 35.0 Å². The lowest BCUT2D eigenvalue weighted by atomic mass is 9.67. The highest BCUT2D eigenvalue weighted by atomic mass is 32.2. The third-order valence-electron chi connectivity index (χ3n) is 6.64. The normalized spacial score (nSPS) is 12.8. The second-order valence-electron chi connectivity index (χ2n) is 8.97. The van der Waals surface area contributed by atoms with Gasteiger partial charge in [0.2, 0.25) is 5.91 Å². The average Bonchev–Trinajstić information content (AvgIpc) is 2.99. The Labute approximate surface area is 226 Å². The fourth-order valence-corrected chi connectivity index (χ4v) is 5.91. The van der Waals surface area contributed by atoms with Crippen LogP contribution in [0.2, 0.25) is 0 Å². The predicted molar refractivity (Wildman–Crippen MR) is 150 cm³/mol. The van der Waals surface area contributed by atoms with E-state index < -0.39 is 28.2 Å². The Morgan fingerprint density at radius 2 is 1.16 bits per heavy atom. The van der Waals surface area contributed by atoms with Gasteiger partial charge in [0.15, 0.2) is 0 Å². The molecule has 4 aromatic carbocycles. The number of hydrogen-bond donors (Lipinski definition) is 1. The van der Waals surface area contributed by atoms with E-state index in [-0.39, 0.29) is 24.5 Å². The number of amides is 1. The first-order valence-electron chi connectivity index (χ1n) is 12.5. The first-order chi connectivity index (χ1) is 18.5. The molecule has 1 amide bonds. The molecular weight excluding hydrogens is 494 g/mol. The molecule has 0 radical (unpaired) electrons. The van der Waals surface area contributed by atoms with Gasteiger partial charge in [-0.3, -0.25) is 9.00 Å². The highest BCUT2D eigenvalue weighted by Crippen LogP contribution is 2.42. The molecule has 0 spiro atoms. The highest BCUT2D eigenvalue weighted by molar-refractivity contribution is 7.85. The monoisotopic (exact) mass is 525 g/mol. The van der Waals surface area contributed by atoms with Crippen LogP contribution >= 0.6 is 0 Å². The van der Waals surface area contributed by atoms with Crippen LogP contribution in [0.15, 0.2) is 126 Å². The van der Waals surface area contributed by atoms with Gasteiger partial charge in [-0.25, -0.2) is 4.79 Å². The third-order valence-corrected chi connectivity index (χ3v) is 8.05. The van der Waals surface area contributed by atoms with Crippen molar-refractivity contribution in [3.63, 3.8) is 0 Å². The van der Waals surface area contributed by atoms with Gasteiger partial charge in [-0.15, -0.1) is 0 Å². The van der Waals surface area contributed by atoms with Crippen LogP contribution in [0.1, 0.15) is 29.5 Å². The van der Waals surface area contributed by atoms with Crippen LogP contribution in [0, 0.1) is 0 Å². The molecule has 194 valence electrons. The summed E-state index contributed by atoms with van der Waals surface area (Å²) >= 11 is 0. The molecule has 0 saturated heterocycles. The summed E-state index contributed by atoms with van der Waals surface area (Å²) in [5, 5.41) is 2.89. The molecule has 0 aromatic heterocycles. The quantitative estimate of drug-likeness (QED) is 0.214. The van der Waals surface area contributed by atoms with Gasteiger partial charge in [-0.2, -0.15) is 0 Å². The molecule has 0 aliphatic rings. The number of esters is 1. The maximum atomic E-state index is 13.7. The Morgan fingerprint density at radius 3 is 1.58 bits per heavy atom. The summed E-state index contributed by atoms with van der Waals surface area (Å²) in [7, 11) is -0.0150. The van der Waals surface area contributed by atoms with E-state index in [2.05, 4.69) is 5.32 Å². The van der Waals surface area contributed by atoms with Gasteiger partial charge in [0, 0.05) is 17.1 Å². The van der Waals surface area contributed by atoms with E-state index in [0.29, 0.717) is 4.90 Å². The van der Waals surface area contributed by atoms with Gasteiger partial charge in [-0.05, 0) is 35.2 Å². The highest BCUT2D eigenvalue weighted by Gasteiger charge is 2.39. The Bertz CT molecular complexity index is 1250. The van der Waals surface area contributed by atoms with Crippen LogP contribution in [0.3, 0.4) is 0 Å². The Hall–Kier alpha value is -4.03. The Kier molecular flexibility index (Phi) is 9.22. The molecule has 38 heavy (non-hydrogen) atoms. The minimum Gasteiger partial charge on any atom is -0.467 e. The number of nitrogens with one attached hydrogen (secondary N) is 1. The number of methoxy groups -OCH3 is 1. The smallest absolute Gasteiger partial charge is 0.328 e. The first-order valence-corrected chi connectivity index (χ1v) is 13.8. The van der Waals surface area contributed by atoms with Crippen molar-refractivity contribution in [3.8, 4) is 0 Å². The fraction of sp³-hybridized carbons (Fsp3) is 0.188. The van der Waals surface area contributed by atoms with Crippen LogP contribution in [0.4, 0.5) is 0 Å². The summed E-state index contributed by atoms with van der Waals surface area (Å²) in [6.07, 6.45) is 0.259. The molecule has 0 bridgehead atoms. The van der Waals surface area contributed by atoms with E-state index in [9.17, 15) is 13.8 Å². The molecule has 4 aromatic rings. The summed E-state index contributed by atoms with van der Waals surface area (Å²) in [5.74, 6) is -0.652. The van der Waals surface area contributed by atoms with E-state index in [0.717, 1.165) is 16.7 Å².